The Morgan fingerprint density at radius 2 is 1.32 bits per heavy atom. The molecule has 1 amide bonds. The third kappa shape index (κ3) is 6.34. The number of rotatable bonds is 7. The Balaban J connectivity index is 1.83. The molecule has 0 saturated carbocycles. The Bertz CT molecular complexity index is 1090. The maximum absolute atomic E-state index is 12.8. The number of anilines is 1. The zero-order valence-corrected chi connectivity index (χ0v) is 20.9. The van der Waals surface area contributed by atoms with Gasteiger partial charge in [0.05, 0.1) is 13.7 Å². The summed E-state index contributed by atoms with van der Waals surface area (Å²) in [6.45, 7) is 9.06. The van der Waals surface area contributed by atoms with Gasteiger partial charge in [0.15, 0.2) is 0 Å². The van der Waals surface area contributed by atoms with Gasteiger partial charge in [0, 0.05) is 5.69 Å². The fourth-order valence-electron chi connectivity index (χ4n) is 3.85. The summed E-state index contributed by atoms with van der Waals surface area (Å²) in [5.41, 5.74) is 6.43. The highest BCUT2D eigenvalue weighted by molar-refractivity contribution is 6.38. The van der Waals surface area contributed by atoms with E-state index in [4.69, 9.17) is 4.74 Å². The van der Waals surface area contributed by atoms with E-state index in [1.807, 2.05) is 36.4 Å². The van der Waals surface area contributed by atoms with Crippen LogP contribution >= 0.6 is 0 Å². The Morgan fingerprint density at radius 1 is 0.794 bits per heavy atom. The smallest absolute Gasteiger partial charge is 0.397 e. The minimum absolute atomic E-state index is 0.103. The molecule has 0 aliphatic heterocycles. The summed E-state index contributed by atoms with van der Waals surface area (Å²) in [5.74, 6) is -1.55. The zero-order valence-electron chi connectivity index (χ0n) is 20.9. The Labute approximate surface area is 203 Å². The molecule has 3 aromatic rings. The molecule has 0 N–H and O–H groups in total. The molecule has 0 aromatic heterocycles. The van der Waals surface area contributed by atoms with Crippen molar-refractivity contribution in [1.82, 2.24) is 0 Å². The first-order chi connectivity index (χ1) is 16.2. The standard InChI is InChI=1S/C30H35NO3/c1-6-7-8-22-9-11-23(12-10-22)21-31(28(32)29(33)34-5)27-19-15-25(16-20-27)24-13-17-26(18-14-24)30(2,3)4/h9-20H,6-8,21H2,1-5H3. The molecule has 0 aliphatic rings. The van der Waals surface area contributed by atoms with Crippen molar-refractivity contribution in [2.24, 2.45) is 0 Å². The number of hydrogen-bond acceptors (Lipinski definition) is 3. The highest BCUT2D eigenvalue weighted by Crippen LogP contribution is 2.28. The monoisotopic (exact) mass is 457 g/mol. The van der Waals surface area contributed by atoms with Gasteiger partial charge in [-0.05, 0) is 58.2 Å². The molecular weight excluding hydrogens is 422 g/mol. The van der Waals surface area contributed by atoms with Gasteiger partial charge in [-0.2, -0.15) is 0 Å². The maximum atomic E-state index is 12.8. The summed E-state index contributed by atoms with van der Waals surface area (Å²) in [7, 11) is 1.23. The largest absolute Gasteiger partial charge is 0.462 e. The van der Waals surface area contributed by atoms with Crippen LogP contribution in [0.1, 0.15) is 57.2 Å². The van der Waals surface area contributed by atoms with Crippen LogP contribution in [-0.4, -0.2) is 19.0 Å². The van der Waals surface area contributed by atoms with E-state index >= 15 is 0 Å². The van der Waals surface area contributed by atoms with Crippen molar-refractivity contribution in [3.8, 4) is 11.1 Å². The van der Waals surface area contributed by atoms with E-state index in [2.05, 4.69) is 64.1 Å². The second kappa shape index (κ2) is 11.1. The number of unbranched alkanes of at least 4 members (excludes halogenated alkanes) is 1. The first-order valence-electron chi connectivity index (χ1n) is 11.9. The maximum Gasteiger partial charge on any atom is 0.397 e. The molecule has 178 valence electrons. The molecule has 0 heterocycles. The van der Waals surface area contributed by atoms with Gasteiger partial charge in [-0.3, -0.25) is 9.69 Å². The van der Waals surface area contributed by atoms with Crippen molar-refractivity contribution < 1.29 is 14.3 Å². The SMILES string of the molecule is CCCCc1ccc(CN(C(=O)C(=O)OC)c2ccc(-c3ccc(C(C)(C)C)cc3)cc2)cc1. The lowest BCUT2D eigenvalue weighted by molar-refractivity contribution is -0.151. The quantitative estimate of drug-likeness (QED) is 0.293. The number of ether oxygens (including phenoxy) is 1. The third-order valence-corrected chi connectivity index (χ3v) is 6.05. The molecule has 0 spiro atoms. The van der Waals surface area contributed by atoms with Gasteiger partial charge in [0.25, 0.3) is 0 Å². The van der Waals surface area contributed by atoms with E-state index in [-0.39, 0.29) is 5.41 Å². The van der Waals surface area contributed by atoms with E-state index in [9.17, 15) is 9.59 Å². The number of amides is 1. The Morgan fingerprint density at radius 3 is 1.82 bits per heavy atom. The molecule has 0 saturated heterocycles. The molecule has 0 bridgehead atoms. The van der Waals surface area contributed by atoms with Crippen molar-refractivity contribution in [3.63, 3.8) is 0 Å². The molecule has 4 nitrogen and oxygen atoms in total. The number of nitrogens with zero attached hydrogens (tertiary/aromatic N) is 1. The summed E-state index contributed by atoms with van der Waals surface area (Å²) in [6, 6.07) is 24.5. The highest BCUT2D eigenvalue weighted by Gasteiger charge is 2.24. The Kier molecular flexibility index (Phi) is 8.27. The first-order valence-corrected chi connectivity index (χ1v) is 11.9. The summed E-state index contributed by atoms with van der Waals surface area (Å²) >= 11 is 0. The molecule has 34 heavy (non-hydrogen) atoms. The molecule has 0 radical (unpaired) electrons. The average molecular weight is 458 g/mol. The van der Waals surface area contributed by atoms with Gasteiger partial charge in [-0.25, -0.2) is 4.79 Å². The first kappa shape index (κ1) is 25.2. The predicted octanol–water partition coefficient (Wildman–Crippen LogP) is 6.70. The zero-order chi connectivity index (χ0) is 24.7. The lowest BCUT2D eigenvalue weighted by Gasteiger charge is -2.22. The predicted molar refractivity (Wildman–Crippen MR) is 139 cm³/mol. The molecule has 4 heteroatoms. The van der Waals surface area contributed by atoms with Crippen molar-refractivity contribution in [2.75, 3.05) is 12.0 Å². The minimum atomic E-state index is -0.874. The van der Waals surface area contributed by atoms with Crippen molar-refractivity contribution >= 4 is 17.6 Å². The molecule has 3 rings (SSSR count). The number of aryl methyl sites for hydroxylation is 1. The van der Waals surface area contributed by atoms with Gasteiger partial charge in [0.2, 0.25) is 0 Å². The fourth-order valence-corrected chi connectivity index (χ4v) is 3.85. The topological polar surface area (TPSA) is 46.6 Å². The van der Waals surface area contributed by atoms with Gasteiger partial charge in [-0.15, -0.1) is 0 Å². The molecule has 3 aromatic carbocycles. The van der Waals surface area contributed by atoms with Crippen LogP contribution in [-0.2, 0) is 32.7 Å². The number of esters is 1. The van der Waals surface area contributed by atoms with Crippen LogP contribution < -0.4 is 4.90 Å². The minimum Gasteiger partial charge on any atom is -0.462 e. The molecule has 0 fully saturated rings. The van der Waals surface area contributed by atoms with E-state index in [1.54, 1.807) is 0 Å². The number of methoxy groups -OCH3 is 1. The summed E-state index contributed by atoms with van der Waals surface area (Å²) in [4.78, 5) is 26.4. The second-order valence-electron chi connectivity index (χ2n) is 9.68. The number of carbonyl (C=O) groups is 2. The van der Waals surface area contributed by atoms with E-state index in [1.165, 1.54) is 23.1 Å². The molecule has 0 unspecified atom stereocenters. The number of benzene rings is 3. The lowest BCUT2D eigenvalue weighted by atomic mass is 9.86. The van der Waals surface area contributed by atoms with Crippen LogP contribution in [0, 0.1) is 0 Å². The average Bonchev–Trinajstić information content (AvgIpc) is 2.85. The van der Waals surface area contributed by atoms with Crippen molar-refractivity contribution in [3.05, 3.63) is 89.5 Å². The van der Waals surface area contributed by atoms with Gasteiger partial charge in [0.1, 0.15) is 0 Å². The van der Waals surface area contributed by atoms with Crippen LogP contribution in [0.3, 0.4) is 0 Å². The summed E-state index contributed by atoms with van der Waals surface area (Å²) in [5, 5.41) is 0. The van der Waals surface area contributed by atoms with Gasteiger partial charge in [-0.1, -0.05) is 94.8 Å². The normalized spacial score (nSPS) is 11.2. The molecule has 0 atom stereocenters. The lowest BCUT2D eigenvalue weighted by Crippen LogP contribution is -2.36. The van der Waals surface area contributed by atoms with Crippen LogP contribution in [0.25, 0.3) is 11.1 Å². The van der Waals surface area contributed by atoms with E-state index in [0.29, 0.717) is 12.2 Å². The van der Waals surface area contributed by atoms with Gasteiger partial charge < -0.3 is 4.74 Å². The van der Waals surface area contributed by atoms with Crippen LogP contribution in [0.4, 0.5) is 5.69 Å². The molecule has 0 aliphatic carbocycles. The van der Waals surface area contributed by atoms with E-state index < -0.39 is 11.9 Å². The number of carbonyl (C=O) groups excluding carboxylic acids is 2. The van der Waals surface area contributed by atoms with Crippen LogP contribution in [0.15, 0.2) is 72.8 Å². The third-order valence-electron chi connectivity index (χ3n) is 6.05. The highest BCUT2D eigenvalue weighted by atomic mass is 16.5. The molecular formula is C30H35NO3. The summed E-state index contributed by atoms with van der Waals surface area (Å²) < 4.78 is 4.72. The number of hydrogen-bond donors (Lipinski definition) is 0. The second-order valence-corrected chi connectivity index (χ2v) is 9.68. The fraction of sp³-hybridized carbons (Fsp3) is 0.333. The van der Waals surface area contributed by atoms with Gasteiger partial charge >= 0.3 is 11.9 Å². The van der Waals surface area contributed by atoms with Crippen molar-refractivity contribution in [1.29, 1.82) is 0 Å². The summed E-state index contributed by atoms with van der Waals surface area (Å²) in [6.07, 6.45) is 3.34. The Hall–Kier alpha value is -3.40. The van der Waals surface area contributed by atoms with E-state index in [0.717, 1.165) is 36.0 Å². The van der Waals surface area contributed by atoms with Crippen LogP contribution in [0.5, 0.6) is 0 Å². The van der Waals surface area contributed by atoms with Crippen molar-refractivity contribution in [2.45, 2.75) is 58.9 Å². The van der Waals surface area contributed by atoms with Crippen LogP contribution in [0.2, 0.25) is 0 Å².